The molecule has 2 aromatic carbocycles. The molecule has 0 spiro atoms. The summed E-state index contributed by atoms with van der Waals surface area (Å²) in [6.07, 6.45) is 6.30. The number of benzene rings is 2. The molecule has 0 fully saturated rings. The standard InChI is InChI=1S/C20H18ClNO3S/c1-2-3-4-9-20(24)25-14-19(23)22-17-7-5-6-8-18(17)26-16-12-10-15(21)11-13-16/h2-13H,14H2,1H3,(H,22,23)/b3-2+,9-4+. The van der Waals surface area contributed by atoms with Crippen molar-refractivity contribution < 1.29 is 14.3 Å². The fourth-order valence-electron chi connectivity index (χ4n) is 1.90. The van der Waals surface area contributed by atoms with Gasteiger partial charge in [0, 0.05) is 20.9 Å². The molecule has 134 valence electrons. The van der Waals surface area contributed by atoms with Gasteiger partial charge in [0.05, 0.1) is 5.69 Å². The average molecular weight is 388 g/mol. The van der Waals surface area contributed by atoms with Crippen LogP contribution >= 0.6 is 23.4 Å². The smallest absolute Gasteiger partial charge is 0.331 e. The first-order chi connectivity index (χ1) is 12.6. The number of para-hydroxylation sites is 1. The molecule has 0 heterocycles. The molecule has 26 heavy (non-hydrogen) atoms. The van der Waals surface area contributed by atoms with Gasteiger partial charge < -0.3 is 10.1 Å². The number of carbonyl (C=O) groups is 2. The summed E-state index contributed by atoms with van der Waals surface area (Å²) in [6.45, 7) is 1.49. The number of amides is 1. The Hall–Kier alpha value is -2.50. The summed E-state index contributed by atoms with van der Waals surface area (Å²) in [4.78, 5) is 25.4. The van der Waals surface area contributed by atoms with Crippen LogP contribution in [0.15, 0.2) is 82.6 Å². The van der Waals surface area contributed by atoms with Crippen molar-refractivity contribution in [2.24, 2.45) is 0 Å². The zero-order chi connectivity index (χ0) is 18.8. The van der Waals surface area contributed by atoms with E-state index in [4.69, 9.17) is 16.3 Å². The minimum atomic E-state index is -0.568. The van der Waals surface area contributed by atoms with Gasteiger partial charge in [0.15, 0.2) is 6.61 Å². The number of rotatable bonds is 7. The van der Waals surface area contributed by atoms with E-state index in [9.17, 15) is 9.59 Å². The second kappa shape index (κ2) is 10.5. The van der Waals surface area contributed by atoms with E-state index in [-0.39, 0.29) is 6.61 Å². The second-order valence-corrected chi connectivity index (χ2v) is 6.64. The average Bonchev–Trinajstić information content (AvgIpc) is 2.64. The largest absolute Gasteiger partial charge is 0.452 e. The van der Waals surface area contributed by atoms with Crippen molar-refractivity contribution in [1.82, 2.24) is 0 Å². The number of hydrogen-bond donors (Lipinski definition) is 1. The van der Waals surface area contributed by atoms with Crippen LogP contribution in [-0.2, 0) is 14.3 Å². The van der Waals surface area contributed by atoms with Gasteiger partial charge in [0.2, 0.25) is 0 Å². The van der Waals surface area contributed by atoms with Crippen LogP contribution in [0.1, 0.15) is 6.92 Å². The third-order valence-corrected chi connectivity index (χ3v) is 4.42. The molecule has 2 rings (SSSR count). The fraction of sp³-hybridized carbons (Fsp3) is 0.100. The number of halogens is 1. The maximum absolute atomic E-state index is 12.0. The van der Waals surface area contributed by atoms with E-state index in [0.717, 1.165) is 9.79 Å². The van der Waals surface area contributed by atoms with Gasteiger partial charge in [-0.3, -0.25) is 4.79 Å². The minimum absolute atomic E-state index is 0.348. The number of anilines is 1. The van der Waals surface area contributed by atoms with Gasteiger partial charge >= 0.3 is 5.97 Å². The molecule has 0 atom stereocenters. The molecule has 0 aliphatic carbocycles. The van der Waals surface area contributed by atoms with E-state index < -0.39 is 11.9 Å². The summed E-state index contributed by atoms with van der Waals surface area (Å²) in [6, 6.07) is 14.9. The van der Waals surface area contributed by atoms with Crippen LogP contribution in [0.3, 0.4) is 0 Å². The first kappa shape index (κ1) is 19.8. The SMILES string of the molecule is C/C=C/C=C/C(=O)OCC(=O)Nc1ccccc1Sc1ccc(Cl)cc1. The highest BCUT2D eigenvalue weighted by atomic mass is 35.5. The molecular formula is C20H18ClNO3S. The maximum atomic E-state index is 12.0. The number of hydrogen-bond acceptors (Lipinski definition) is 4. The molecule has 0 unspecified atom stereocenters. The van der Waals surface area contributed by atoms with Gasteiger partial charge in [-0.1, -0.05) is 53.7 Å². The Balaban J connectivity index is 1.95. The monoisotopic (exact) mass is 387 g/mol. The first-order valence-corrected chi connectivity index (χ1v) is 9.06. The minimum Gasteiger partial charge on any atom is -0.452 e. The van der Waals surface area contributed by atoms with Crippen molar-refractivity contribution in [1.29, 1.82) is 0 Å². The van der Waals surface area contributed by atoms with Crippen molar-refractivity contribution in [3.63, 3.8) is 0 Å². The Bertz CT molecular complexity index is 816. The van der Waals surface area contributed by atoms with Crippen LogP contribution in [0.25, 0.3) is 0 Å². The maximum Gasteiger partial charge on any atom is 0.331 e. The summed E-state index contributed by atoms with van der Waals surface area (Å²) in [5, 5.41) is 3.43. The number of ether oxygens (including phenoxy) is 1. The second-order valence-electron chi connectivity index (χ2n) is 5.09. The Morgan fingerprint density at radius 2 is 1.85 bits per heavy atom. The van der Waals surface area contributed by atoms with Crippen molar-refractivity contribution in [3.05, 3.63) is 77.9 Å². The highest BCUT2D eigenvalue weighted by Crippen LogP contribution is 2.33. The lowest BCUT2D eigenvalue weighted by Crippen LogP contribution is -2.20. The van der Waals surface area contributed by atoms with E-state index >= 15 is 0 Å². The first-order valence-electron chi connectivity index (χ1n) is 7.87. The zero-order valence-electron chi connectivity index (χ0n) is 14.1. The summed E-state index contributed by atoms with van der Waals surface area (Å²) < 4.78 is 4.90. The van der Waals surface area contributed by atoms with Crippen molar-refractivity contribution >= 4 is 40.9 Å². The van der Waals surface area contributed by atoms with Gasteiger partial charge in [0.25, 0.3) is 5.91 Å². The molecular weight excluding hydrogens is 370 g/mol. The molecule has 0 saturated heterocycles. The zero-order valence-corrected chi connectivity index (χ0v) is 15.7. The third-order valence-electron chi connectivity index (χ3n) is 3.08. The Labute approximate surface area is 161 Å². The van der Waals surface area contributed by atoms with Gasteiger partial charge in [-0.25, -0.2) is 4.79 Å². The van der Waals surface area contributed by atoms with Gasteiger partial charge in [-0.15, -0.1) is 0 Å². The van der Waals surface area contributed by atoms with Crippen LogP contribution in [0.2, 0.25) is 5.02 Å². The van der Waals surface area contributed by atoms with Crippen LogP contribution < -0.4 is 5.32 Å². The highest BCUT2D eigenvalue weighted by Gasteiger charge is 2.09. The molecule has 0 aliphatic rings. The van der Waals surface area contributed by atoms with Crippen LogP contribution in [0.5, 0.6) is 0 Å². The van der Waals surface area contributed by atoms with Gasteiger partial charge in [-0.05, 0) is 43.3 Å². The Morgan fingerprint density at radius 3 is 2.58 bits per heavy atom. The van der Waals surface area contributed by atoms with E-state index in [2.05, 4.69) is 5.32 Å². The lowest BCUT2D eigenvalue weighted by atomic mass is 10.3. The molecule has 1 amide bonds. The molecule has 0 aliphatic heterocycles. The molecule has 6 heteroatoms. The van der Waals surface area contributed by atoms with Crippen LogP contribution in [0, 0.1) is 0 Å². The quantitative estimate of drug-likeness (QED) is 0.407. The van der Waals surface area contributed by atoms with Crippen LogP contribution in [-0.4, -0.2) is 18.5 Å². The van der Waals surface area contributed by atoms with E-state index in [0.29, 0.717) is 10.7 Å². The molecule has 0 radical (unpaired) electrons. The van der Waals surface area contributed by atoms with Crippen molar-refractivity contribution in [2.45, 2.75) is 16.7 Å². The molecule has 0 bridgehead atoms. The topological polar surface area (TPSA) is 55.4 Å². The molecule has 2 aromatic rings. The summed E-state index contributed by atoms with van der Waals surface area (Å²) in [5.74, 6) is -0.969. The molecule has 0 aromatic heterocycles. The van der Waals surface area contributed by atoms with E-state index in [1.54, 1.807) is 24.3 Å². The van der Waals surface area contributed by atoms with Crippen molar-refractivity contribution in [2.75, 3.05) is 11.9 Å². The molecule has 1 N–H and O–H groups in total. The fourth-order valence-corrected chi connectivity index (χ4v) is 2.93. The summed E-state index contributed by atoms with van der Waals surface area (Å²) in [5.41, 5.74) is 0.651. The van der Waals surface area contributed by atoms with Gasteiger partial charge in [0.1, 0.15) is 0 Å². The number of carbonyl (C=O) groups excluding carboxylic acids is 2. The highest BCUT2D eigenvalue weighted by molar-refractivity contribution is 7.99. The normalized spacial score (nSPS) is 11.0. The van der Waals surface area contributed by atoms with E-state index in [1.165, 1.54) is 17.8 Å². The summed E-state index contributed by atoms with van der Waals surface area (Å²) >= 11 is 7.40. The Kier molecular flexibility index (Phi) is 7.99. The summed E-state index contributed by atoms with van der Waals surface area (Å²) in [7, 11) is 0. The third kappa shape index (κ3) is 6.78. The Morgan fingerprint density at radius 1 is 1.12 bits per heavy atom. The number of nitrogens with one attached hydrogen (secondary N) is 1. The van der Waals surface area contributed by atoms with E-state index in [1.807, 2.05) is 49.4 Å². The predicted octanol–water partition coefficient (Wildman–Crippen LogP) is 5.11. The number of allylic oxidation sites excluding steroid dienone is 3. The molecule has 0 saturated carbocycles. The number of esters is 1. The van der Waals surface area contributed by atoms with Crippen LogP contribution in [0.4, 0.5) is 5.69 Å². The lowest BCUT2D eigenvalue weighted by Gasteiger charge is -2.11. The lowest BCUT2D eigenvalue weighted by molar-refractivity contribution is -0.142. The van der Waals surface area contributed by atoms with Gasteiger partial charge in [-0.2, -0.15) is 0 Å². The molecule has 4 nitrogen and oxygen atoms in total. The predicted molar refractivity (Wildman–Crippen MR) is 106 cm³/mol. The van der Waals surface area contributed by atoms with Crippen molar-refractivity contribution in [3.8, 4) is 0 Å².